The fourth-order valence-corrected chi connectivity index (χ4v) is 1.89. The van der Waals surface area contributed by atoms with Crippen molar-refractivity contribution >= 4 is 17.6 Å². The van der Waals surface area contributed by atoms with E-state index in [-0.39, 0.29) is 27.5 Å². The van der Waals surface area contributed by atoms with Gasteiger partial charge in [0.25, 0.3) is 0 Å². The summed E-state index contributed by atoms with van der Waals surface area (Å²) in [5.74, 6) is -1.41. The fraction of sp³-hybridized carbons (Fsp3) is 0.0714. The smallest absolute Gasteiger partial charge is 0.337 e. The van der Waals surface area contributed by atoms with Crippen molar-refractivity contribution in [1.82, 2.24) is 0 Å². The molecule has 0 amide bonds. The maximum Gasteiger partial charge on any atom is 0.337 e. The Balaban J connectivity index is 2.52. The molecule has 3 nitrogen and oxygen atoms in total. The van der Waals surface area contributed by atoms with Crippen LogP contribution in [0.5, 0.6) is 5.75 Å². The topological polar surface area (TPSA) is 46.5 Å². The lowest BCUT2D eigenvalue weighted by Gasteiger charge is -2.08. The van der Waals surface area contributed by atoms with Gasteiger partial charge in [0, 0.05) is 11.1 Å². The third-order valence-corrected chi connectivity index (χ3v) is 2.95. The molecule has 0 aliphatic carbocycles. The van der Waals surface area contributed by atoms with E-state index in [1.54, 1.807) is 6.07 Å². The second-order valence-corrected chi connectivity index (χ2v) is 4.23. The van der Waals surface area contributed by atoms with E-state index in [0.717, 1.165) is 0 Å². The minimum Gasteiger partial charge on any atom is -0.507 e. The largest absolute Gasteiger partial charge is 0.507 e. The highest BCUT2D eigenvalue weighted by Gasteiger charge is 2.14. The highest BCUT2D eigenvalue weighted by molar-refractivity contribution is 6.31. The lowest BCUT2D eigenvalue weighted by molar-refractivity contribution is 0.0600. The number of esters is 1. The number of phenols is 1. The van der Waals surface area contributed by atoms with E-state index in [2.05, 4.69) is 4.74 Å². The fourth-order valence-electron chi connectivity index (χ4n) is 1.72. The molecule has 0 radical (unpaired) electrons. The zero-order chi connectivity index (χ0) is 14.0. The van der Waals surface area contributed by atoms with Crippen molar-refractivity contribution in [3.05, 3.63) is 52.8 Å². The van der Waals surface area contributed by atoms with E-state index in [4.69, 9.17) is 11.6 Å². The Bertz CT molecular complexity index is 641. The average Bonchev–Trinajstić information content (AvgIpc) is 2.41. The van der Waals surface area contributed by atoms with Gasteiger partial charge in [-0.3, -0.25) is 0 Å². The van der Waals surface area contributed by atoms with Gasteiger partial charge in [0.2, 0.25) is 0 Å². The van der Waals surface area contributed by atoms with Crippen LogP contribution in [0.3, 0.4) is 0 Å². The van der Waals surface area contributed by atoms with Crippen LogP contribution < -0.4 is 0 Å². The standard InChI is InChI=1S/C14H10ClFO3/c1-19-14(18)8-5-6-9(12(17)7-8)10-3-2-4-11(15)13(10)16/h2-7,17H,1H3. The number of carbonyl (C=O) groups is 1. The Kier molecular flexibility index (Phi) is 3.71. The number of hydrogen-bond acceptors (Lipinski definition) is 3. The lowest BCUT2D eigenvalue weighted by Crippen LogP contribution is -2.00. The predicted molar refractivity (Wildman–Crippen MR) is 69.9 cm³/mol. The maximum atomic E-state index is 13.9. The van der Waals surface area contributed by atoms with Gasteiger partial charge >= 0.3 is 5.97 Å². The van der Waals surface area contributed by atoms with Gasteiger partial charge in [0.15, 0.2) is 0 Å². The molecule has 0 heterocycles. The molecule has 0 bridgehead atoms. The van der Waals surface area contributed by atoms with Crippen molar-refractivity contribution < 1.29 is 19.0 Å². The average molecular weight is 281 g/mol. The molecular formula is C14H10ClFO3. The second-order valence-electron chi connectivity index (χ2n) is 3.82. The number of aromatic hydroxyl groups is 1. The van der Waals surface area contributed by atoms with Crippen LogP contribution in [0.4, 0.5) is 4.39 Å². The number of halogens is 2. The number of carbonyl (C=O) groups excluding carboxylic acids is 1. The number of hydrogen-bond donors (Lipinski definition) is 1. The van der Waals surface area contributed by atoms with Crippen LogP contribution >= 0.6 is 11.6 Å². The van der Waals surface area contributed by atoms with Crippen molar-refractivity contribution in [3.63, 3.8) is 0 Å². The van der Waals surface area contributed by atoms with Crippen LogP contribution in [0.25, 0.3) is 11.1 Å². The summed E-state index contributed by atoms with van der Waals surface area (Å²) in [6.07, 6.45) is 0. The first-order valence-electron chi connectivity index (χ1n) is 5.40. The molecule has 19 heavy (non-hydrogen) atoms. The van der Waals surface area contributed by atoms with Crippen LogP contribution in [0.2, 0.25) is 5.02 Å². The van der Waals surface area contributed by atoms with Crippen molar-refractivity contribution in [2.24, 2.45) is 0 Å². The van der Waals surface area contributed by atoms with Gasteiger partial charge in [-0.15, -0.1) is 0 Å². The molecule has 0 saturated carbocycles. The van der Waals surface area contributed by atoms with Crippen molar-refractivity contribution in [2.75, 3.05) is 7.11 Å². The molecule has 0 unspecified atom stereocenters. The van der Waals surface area contributed by atoms with Gasteiger partial charge in [-0.2, -0.15) is 0 Å². The highest BCUT2D eigenvalue weighted by atomic mass is 35.5. The molecule has 2 aromatic rings. The van der Waals surface area contributed by atoms with Crippen LogP contribution in [-0.2, 0) is 4.74 Å². The van der Waals surface area contributed by atoms with E-state index in [9.17, 15) is 14.3 Å². The van der Waals surface area contributed by atoms with E-state index in [1.165, 1.54) is 37.4 Å². The van der Waals surface area contributed by atoms with Gasteiger partial charge in [-0.1, -0.05) is 23.7 Å². The normalized spacial score (nSPS) is 10.3. The Morgan fingerprint density at radius 1 is 1.26 bits per heavy atom. The lowest BCUT2D eigenvalue weighted by atomic mass is 10.0. The van der Waals surface area contributed by atoms with Gasteiger partial charge < -0.3 is 9.84 Å². The monoisotopic (exact) mass is 280 g/mol. The van der Waals surface area contributed by atoms with Gasteiger partial charge in [-0.05, 0) is 24.3 Å². The number of rotatable bonds is 2. The second kappa shape index (κ2) is 5.28. The molecular weight excluding hydrogens is 271 g/mol. The van der Waals surface area contributed by atoms with Crippen molar-refractivity contribution in [3.8, 4) is 16.9 Å². The summed E-state index contributed by atoms with van der Waals surface area (Å²) in [5, 5.41) is 9.85. The van der Waals surface area contributed by atoms with Gasteiger partial charge in [-0.25, -0.2) is 9.18 Å². The Morgan fingerprint density at radius 3 is 2.63 bits per heavy atom. The SMILES string of the molecule is COC(=O)c1ccc(-c2cccc(Cl)c2F)c(O)c1. The minimum atomic E-state index is -0.620. The third kappa shape index (κ3) is 2.53. The molecule has 0 aromatic heterocycles. The molecule has 0 atom stereocenters. The van der Waals surface area contributed by atoms with Crippen LogP contribution in [0, 0.1) is 5.82 Å². The summed E-state index contributed by atoms with van der Waals surface area (Å²) in [6.45, 7) is 0. The molecule has 0 spiro atoms. The summed E-state index contributed by atoms with van der Waals surface area (Å²) in [5.41, 5.74) is 0.611. The molecule has 0 aliphatic rings. The Labute approximate surface area is 114 Å². The molecule has 1 N–H and O–H groups in total. The number of phenolic OH excluding ortho intramolecular Hbond substituents is 1. The molecule has 98 valence electrons. The predicted octanol–water partition coefficient (Wildman–Crippen LogP) is 3.64. The van der Waals surface area contributed by atoms with Crippen molar-refractivity contribution in [2.45, 2.75) is 0 Å². The number of benzene rings is 2. The third-order valence-electron chi connectivity index (χ3n) is 2.66. The molecule has 0 saturated heterocycles. The molecule has 2 rings (SSSR count). The summed E-state index contributed by atoms with van der Waals surface area (Å²) in [4.78, 5) is 11.3. The molecule has 0 fully saturated rings. The summed E-state index contributed by atoms with van der Waals surface area (Å²) in [6, 6.07) is 8.60. The molecule has 0 aliphatic heterocycles. The van der Waals surface area contributed by atoms with Crippen molar-refractivity contribution in [1.29, 1.82) is 0 Å². The number of ether oxygens (including phenoxy) is 1. The first-order valence-corrected chi connectivity index (χ1v) is 5.78. The zero-order valence-electron chi connectivity index (χ0n) is 9.98. The van der Waals surface area contributed by atoms with Crippen LogP contribution in [-0.4, -0.2) is 18.2 Å². The summed E-state index contributed by atoms with van der Waals surface area (Å²) >= 11 is 5.69. The zero-order valence-corrected chi connectivity index (χ0v) is 10.7. The van der Waals surface area contributed by atoms with E-state index < -0.39 is 11.8 Å². The summed E-state index contributed by atoms with van der Waals surface area (Å²) < 4.78 is 18.4. The van der Waals surface area contributed by atoms with Gasteiger partial charge in [0.1, 0.15) is 11.6 Å². The molecule has 5 heteroatoms. The summed E-state index contributed by atoms with van der Waals surface area (Å²) in [7, 11) is 1.24. The Hall–Kier alpha value is -2.07. The highest BCUT2D eigenvalue weighted by Crippen LogP contribution is 2.34. The maximum absolute atomic E-state index is 13.9. The number of methoxy groups -OCH3 is 1. The van der Waals surface area contributed by atoms with Crippen LogP contribution in [0.1, 0.15) is 10.4 Å². The van der Waals surface area contributed by atoms with Gasteiger partial charge in [0.05, 0.1) is 17.7 Å². The van der Waals surface area contributed by atoms with E-state index in [1.807, 2.05) is 0 Å². The van der Waals surface area contributed by atoms with E-state index >= 15 is 0 Å². The van der Waals surface area contributed by atoms with E-state index in [0.29, 0.717) is 0 Å². The first kappa shape index (κ1) is 13.4. The quantitative estimate of drug-likeness (QED) is 0.854. The van der Waals surface area contributed by atoms with Crippen LogP contribution in [0.15, 0.2) is 36.4 Å². The first-order chi connectivity index (χ1) is 9.04. The Morgan fingerprint density at radius 2 is 2.00 bits per heavy atom. The molecule has 2 aromatic carbocycles. The minimum absolute atomic E-state index is 0.0334.